The molecule has 28 heavy (non-hydrogen) atoms. The van der Waals surface area contributed by atoms with E-state index in [0.717, 1.165) is 30.3 Å². The van der Waals surface area contributed by atoms with Gasteiger partial charge in [-0.05, 0) is 12.8 Å². The number of nitrogens with one attached hydrogen (secondary N) is 1. The van der Waals surface area contributed by atoms with Gasteiger partial charge in [0.15, 0.2) is 23.2 Å². The van der Waals surface area contributed by atoms with Crippen LogP contribution >= 0.6 is 0 Å². The Hall–Kier alpha value is -2.42. The van der Waals surface area contributed by atoms with Crippen LogP contribution in [-0.4, -0.2) is 54.1 Å². The quantitative estimate of drug-likeness (QED) is 0.674. The maximum Gasteiger partial charge on any atom is 0.451 e. The van der Waals surface area contributed by atoms with Crippen LogP contribution in [0.4, 0.5) is 19.0 Å². The number of rotatable bonds is 3. The number of terminal acetylenes is 1. The van der Waals surface area contributed by atoms with Crippen LogP contribution in [0.5, 0.6) is 0 Å². The summed E-state index contributed by atoms with van der Waals surface area (Å²) in [5.74, 6) is 0.835. The summed E-state index contributed by atoms with van der Waals surface area (Å²) in [6.45, 7) is 0. The van der Waals surface area contributed by atoms with Crippen molar-refractivity contribution in [1.29, 1.82) is 0 Å². The first-order chi connectivity index (χ1) is 13.3. The van der Waals surface area contributed by atoms with E-state index in [4.69, 9.17) is 11.2 Å². The molecule has 0 bridgehead atoms. The van der Waals surface area contributed by atoms with Crippen LogP contribution in [0, 0.1) is 12.3 Å². The fourth-order valence-electron chi connectivity index (χ4n) is 3.62. The number of imidazole rings is 1. The molecule has 2 fully saturated rings. The Morgan fingerprint density at radius 2 is 1.93 bits per heavy atom. The third-order valence-corrected chi connectivity index (χ3v) is 5.05. The summed E-state index contributed by atoms with van der Waals surface area (Å²) >= 11 is 0. The molecule has 0 spiro atoms. The Labute approximate surface area is 157 Å². The number of aliphatic hydroxyl groups is 2. The van der Waals surface area contributed by atoms with Crippen molar-refractivity contribution < 1.29 is 28.1 Å². The Morgan fingerprint density at radius 3 is 2.54 bits per heavy atom. The number of halogens is 3. The van der Waals surface area contributed by atoms with Gasteiger partial charge in [-0.15, -0.1) is 6.42 Å². The fraction of sp³-hybridized carbons (Fsp3) is 0.588. The van der Waals surface area contributed by atoms with Gasteiger partial charge in [-0.25, -0.2) is 15.0 Å². The van der Waals surface area contributed by atoms with Gasteiger partial charge in [0.25, 0.3) is 0 Å². The minimum Gasteiger partial charge on any atom is -0.386 e. The lowest BCUT2D eigenvalue weighted by Gasteiger charge is -2.18. The van der Waals surface area contributed by atoms with E-state index in [1.807, 2.05) is 0 Å². The number of nitrogens with zero attached hydrogens (tertiary/aromatic N) is 4. The molecule has 4 atom stereocenters. The highest BCUT2D eigenvalue weighted by atomic mass is 19.4. The van der Waals surface area contributed by atoms with Gasteiger partial charge in [0.2, 0.25) is 5.82 Å². The summed E-state index contributed by atoms with van der Waals surface area (Å²) in [7, 11) is 0. The maximum absolute atomic E-state index is 13.4. The topological polar surface area (TPSA) is 105 Å². The molecular weight excluding hydrogens is 379 g/mol. The zero-order chi connectivity index (χ0) is 20.1. The standard InChI is InChI=1S/C17H18F3N5O3/c1-2-9-11(26)12(27)15(28-9)25-7-21-10-13(22-8-5-3-4-6-8)23-16(17(18,19)20)24-14(10)25/h1,7-9,11-12,15,26-27H,3-6H2,(H,22,23,24). The predicted molar refractivity (Wildman–Crippen MR) is 91.0 cm³/mol. The SMILES string of the molecule is C#CC1OC(n2cnc3c(NC4CCCC4)nc(C(F)(F)F)nc32)C(O)C1O. The molecule has 3 N–H and O–H groups in total. The first kappa shape index (κ1) is 18.9. The molecule has 150 valence electrons. The summed E-state index contributed by atoms with van der Waals surface area (Å²) in [5, 5.41) is 23.2. The number of hydrogen-bond acceptors (Lipinski definition) is 7. The van der Waals surface area contributed by atoms with Gasteiger partial charge in [-0.1, -0.05) is 18.8 Å². The van der Waals surface area contributed by atoms with Crippen molar-refractivity contribution in [1.82, 2.24) is 19.5 Å². The average Bonchev–Trinajstić information content (AvgIpc) is 3.35. The lowest BCUT2D eigenvalue weighted by Crippen LogP contribution is -2.31. The van der Waals surface area contributed by atoms with Crippen molar-refractivity contribution in [2.75, 3.05) is 5.32 Å². The van der Waals surface area contributed by atoms with Gasteiger partial charge in [-0.2, -0.15) is 13.2 Å². The molecule has 2 aliphatic rings. The number of fused-ring (bicyclic) bond motifs is 1. The zero-order valence-electron chi connectivity index (χ0n) is 14.6. The third-order valence-electron chi connectivity index (χ3n) is 5.05. The number of hydrogen-bond donors (Lipinski definition) is 3. The normalized spacial score (nSPS) is 28.7. The second kappa shape index (κ2) is 6.88. The molecule has 4 rings (SSSR count). The Balaban J connectivity index is 1.80. The number of aromatic nitrogens is 4. The van der Waals surface area contributed by atoms with E-state index < -0.39 is 36.5 Å². The highest BCUT2D eigenvalue weighted by Gasteiger charge is 2.44. The monoisotopic (exact) mass is 397 g/mol. The second-order valence-electron chi connectivity index (χ2n) is 6.94. The predicted octanol–water partition coefficient (Wildman–Crippen LogP) is 1.45. The summed E-state index contributed by atoms with van der Waals surface area (Å²) in [6.07, 6.45) is 0.147. The van der Waals surface area contributed by atoms with Crippen molar-refractivity contribution in [2.24, 2.45) is 0 Å². The maximum atomic E-state index is 13.4. The number of alkyl halides is 3. The highest BCUT2D eigenvalue weighted by Crippen LogP contribution is 2.35. The molecule has 0 radical (unpaired) electrons. The molecule has 11 heteroatoms. The van der Waals surface area contributed by atoms with Gasteiger partial charge in [0.1, 0.15) is 18.3 Å². The van der Waals surface area contributed by atoms with Crippen LogP contribution in [0.3, 0.4) is 0 Å². The molecule has 2 aromatic heterocycles. The molecule has 1 saturated heterocycles. The van der Waals surface area contributed by atoms with Gasteiger partial charge in [0.05, 0.1) is 6.33 Å². The van der Waals surface area contributed by atoms with Gasteiger partial charge in [-0.3, -0.25) is 4.57 Å². The van der Waals surface area contributed by atoms with E-state index in [1.165, 1.54) is 6.33 Å². The lowest BCUT2D eigenvalue weighted by atomic mass is 10.1. The van der Waals surface area contributed by atoms with E-state index >= 15 is 0 Å². The molecule has 8 nitrogen and oxygen atoms in total. The molecule has 2 aromatic rings. The number of anilines is 1. The molecule has 0 aromatic carbocycles. The fourth-order valence-corrected chi connectivity index (χ4v) is 3.62. The van der Waals surface area contributed by atoms with E-state index in [1.54, 1.807) is 0 Å². The van der Waals surface area contributed by atoms with Crippen molar-refractivity contribution in [3.63, 3.8) is 0 Å². The van der Waals surface area contributed by atoms with Gasteiger partial charge >= 0.3 is 6.18 Å². The van der Waals surface area contributed by atoms with Crippen molar-refractivity contribution in [3.8, 4) is 12.3 Å². The Morgan fingerprint density at radius 1 is 1.21 bits per heavy atom. The molecule has 3 heterocycles. The Bertz CT molecular complexity index is 919. The van der Waals surface area contributed by atoms with Crippen LogP contribution in [-0.2, 0) is 10.9 Å². The van der Waals surface area contributed by atoms with Crippen LogP contribution < -0.4 is 5.32 Å². The summed E-state index contributed by atoms with van der Waals surface area (Å²) in [5.41, 5.74) is -0.0499. The van der Waals surface area contributed by atoms with Gasteiger partial charge in [0, 0.05) is 6.04 Å². The molecular formula is C17H18F3N5O3. The van der Waals surface area contributed by atoms with E-state index in [0.29, 0.717) is 0 Å². The second-order valence-corrected chi connectivity index (χ2v) is 6.94. The minimum absolute atomic E-state index is 0.00490. The largest absolute Gasteiger partial charge is 0.451 e. The van der Waals surface area contributed by atoms with Crippen molar-refractivity contribution in [2.45, 2.75) is 62.4 Å². The van der Waals surface area contributed by atoms with Crippen LogP contribution in [0.2, 0.25) is 0 Å². The van der Waals surface area contributed by atoms with Crippen LogP contribution in [0.15, 0.2) is 6.33 Å². The smallest absolute Gasteiger partial charge is 0.386 e. The van der Waals surface area contributed by atoms with Crippen molar-refractivity contribution in [3.05, 3.63) is 12.2 Å². The average molecular weight is 397 g/mol. The number of ether oxygens (including phenoxy) is 1. The van der Waals surface area contributed by atoms with E-state index in [9.17, 15) is 23.4 Å². The van der Waals surface area contributed by atoms with Crippen molar-refractivity contribution >= 4 is 17.0 Å². The minimum atomic E-state index is -4.77. The molecule has 1 aliphatic heterocycles. The summed E-state index contributed by atoms with van der Waals surface area (Å²) < 4.78 is 46.6. The number of aliphatic hydroxyl groups excluding tert-OH is 2. The summed E-state index contributed by atoms with van der Waals surface area (Å²) in [6, 6.07) is 0.00490. The first-order valence-corrected chi connectivity index (χ1v) is 8.85. The third kappa shape index (κ3) is 3.17. The lowest BCUT2D eigenvalue weighted by molar-refractivity contribution is -0.144. The first-order valence-electron chi connectivity index (χ1n) is 8.85. The zero-order valence-corrected chi connectivity index (χ0v) is 14.6. The Kier molecular flexibility index (Phi) is 4.65. The van der Waals surface area contributed by atoms with E-state index in [2.05, 4.69) is 26.2 Å². The molecule has 0 amide bonds. The van der Waals surface area contributed by atoms with Crippen LogP contribution in [0.25, 0.3) is 11.2 Å². The molecule has 1 aliphatic carbocycles. The molecule has 4 unspecified atom stereocenters. The summed E-state index contributed by atoms with van der Waals surface area (Å²) in [4.78, 5) is 11.4. The highest BCUT2D eigenvalue weighted by molar-refractivity contribution is 5.83. The van der Waals surface area contributed by atoms with Crippen LogP contribution in [0.1, 0.15) is 37.7 Å². The molecule has 1 saturated carbocycles. The van der Waals surface area contributed by atoms with Gasteiger partial charge < -0.3 is 20.3 Å². The van der Waals surface area contributed by atoms with E-state index in [-0.39, 0.29) is 23.0 Å².